The lowest BCUT2D eigenvalue weighted by Gasteiger charge is -2.32. The lowest BCUT2D eigenvalue weighted by molar-refractivity contribution is -0.156. The number of benzene rings is 2. The Kier molecular flexibility index (Phi) is 5.40. The van der Waals surface area contributed by atoms with Crippen molar-refractivity contribution < 1.29 is 4.84 Å². The second-order valence-electron chi connectivity index (χ2n) is 7.75. The van der Waals surface area contributed by atoms with Gasteiger partial charge in [-0.2, -0.15) is 0 Å². The van der Waals surface area contributed by atoms with Gasteiger partial charge in [0.1, 0.15) is 0 Å². The van der Waals surface area contributed by atoms with Gasteiger partial charge in [0.05, 0.1) is 0 Å². The molecule has 0 saturated carbocycles. The zero-order chi connectivity index (χ0) is 19.6. The second kappa shape index (κ2) is 7.96. The molecular formula is C24H31N3O. The van der Waals surface area contributed by atoms with E-state index in [1.54, 1.807) is 0 Å². The molecule has 2 aromatic carbocycles. The maximum absolute atomic E-state index is 6.64. The van der Waals surface area contributed by atoms with E-state index in [9.17, 15) is 0 Å². The molecule has 1 heterocycles. The van der Waals surface area contributed by atoms with E-state index >= 15 is 0 Å². The standard InChI is InChI=1S/C24H31N3O/c1-4-6-18-27(5-2)23-25-24(28-26(23)3)21-16-9-7-12-19(21)14-11-15-20-13-8-10-17-22(20)24/h7-10,12-13,16-17H,4-6,11,14-15,18H2,1-3H3. The third-order valence-corrected chi connectivity index (χ3v) is 5.91. The van der Waals surface area contributed by atoms with Crippen LogP contribution in [0.2, 0.25) is 0 Å². The predicted molar refractivity (Wildman–Crippen MR) is 114 cm³/mol. The van der Waals surface area contributed by atoms with Gasteiger partial charge in [0.15, 0.2) is 0 Å². The first-order valence-corrected chi connectivity index (χ1v) is 10.6. The van der Waals surface area contributed by atoms with Gasteiger partial charge in [-0.25, -0.2) is 14.9 Å². The molecule has 28 heavy (non-hydrogen) atoms. The Morgan fingerprint density at radius 2 is 1.61 bits per heavy atom. The van der Waals surface area contributed by atoms with E-state index in [1.165, 1.54) is 28.7 Å². The van der Waals surface area contributed by atoms with Crippen molar-refractivity contribution in [3.8, 4) is 0 Å². The zero-order valence-electron chi connectivity index (χ0n) is 17.3. The van der Waals surface area contributed by atoms with E-state index in [2.05, 4.69) is 67.3 Å². The van der Waals surface area contributed by atoms with E-state index in [4.69, 9.17) is 9.83 Å². The molecule has 0 radical (unpaired) electrons. The van der Waals surface area contributed by atoms with Gasteiger partial charge in [0.25, 0.3) is 0 Å². The Morgan fingerprint density at radius 1 is 1.00 bits per heavy atom. The Hall–Kier alpha value is -2.33. The number of hydroxylamine groups is 2. The Morgan fingerprint density at radius 3 is 2.18 bits per heavy atom. The highest BCUT2D eigenvalue weighted by Gasteiger charge is 2.47. The van der Waals surface area contributed by atoms with Crippen molar-refractivity contribution in [3.63, 3.8) is 0 Å². The van der Waals surface area contributed by atoms with Crippen LogP contribution in [0.4, 0.5) is 0 Å². The molecule has 1 spiro atoms. The van der Waals surface area contributed by atoms with E-state index in [0.717, 1.165) is 44.7 Å². The molecule has 0 aromatic heterocycles. The van der Waals surface area contributed by atoms with E-state index in [1.807, 2.05) is 12.1 Å². The lowest BCUT2D eigenvalue weighted by atomic mass is 9.83. The van der Waals surface area contributed by atoms with Crippen LogP contribution in [0.25, 0.3) is 0 Å². The summed E-state index contributed by atoms with van der Waals surface area (Å²) in [6.07, 6.45) is 5.58. The molecule has 0 saturated heterocycles. The van der Waals surface area contributed by atoms with Gasteiger partial charge in [0.2, 0.25) is 11.7 Å². The van der Waals surface area contributed by atoms with Crippen molar-refractivity contribution in [2.45, 2.75) is 51.7 Å². The highest BCUT2D eigenvalue weighted by atomic mass is 16.7. The second-order valence-corrected chi connectivity index (χ2v) is 7.75. The SMILES string of the molecule is CCCCN(CC)C1=NC2(ON1C)c1ccccc1CCCc1ccccc12. The molecule has 2 aliphatic rings. The van der Waals surface area contributed by atoms with Crippen molar-refractivity contribution in [2.75, 3.05) is 20.1 Å². The summed E-state index contributed by atoms with van der Waals surface area (Å²) in [6, 6.07) is 17.3. The van der Waals surface area contributed by atoms with Crippen LogP contribution < -0.4 is 0 Å². The molecule has 0 unspecified atom stereocenters. The van der Waals surface area contributed by atoms with Crippen molar-refractivity contribution >= 4 is 5.96 Å². The third kappa shape index (κ3) is 3.20. The number of hydrogen-bond donors (Lipinski definition) is 0. The van der Waals surface area contributed by atoms with Crippen molar-refractivity contribution in [2.24, 2.45) is 4.99 Å². The van der Waals surface area contributed by atoms with Gasteiger partial charge in [0, 0.05) is 31.3 Å². The monoisotopic (exact) mass is 377 g/mol. The van der Waals surface area contributed by atoms with Gasteiger partial charge in [-0.3, -0.25) is 0 Å². The third-order valence-electron chi connectivity index (χ3n) is 5.91. The number of unbranched alkanes of at least 4 members (excludes halogenated alkanes) is 1. The maximum Gasteiger partial charge on any atom is 0.240 e. The molecule has 4 heteroatoms. The minimum Gasteiger partial charge on any atom is -0.341 e. The molecule has 0 amide bonds. The summed E-state index contributed by atoms with van der Waals surface area (Å²) in [5, 5.41) is 1.88. The number of hydrogen-bond acceptors (Lipinski definition) is 4. The van der Waals surface area contributed by atoms with Crippen LogP contribution in [0.5, 0.6) is 0 Å². The molecule has 1 aliphatic carbocycles. The topological polar surface area (TPSA) is 28.1 Å². The lowest BCUT2D eigenvalue weighted by Crippen LogP contribution is -2.40. The Bertz CT molecular complexity index is 813. The fourth-order valence-corrected chi connectivity index (χ4v) is 4.46. The average Bonchev–Trinajstić information content (AvgIpc) is 3.07. The first-order valence-electron chi connectivity index (χ1n) is 10.6. The summed E-state index contributed by atoms with van der Waals surface area (Å²) in [4.78, 5) is 14.3. The number of rotatable bonds is 4. The zero-order valence-corrected chi connectivity index (χ0v) is 17.3. The van der Waals surface area contributed by atoms with E-state index < -0.39 is 5.72 Å². The van der Waals surface area contributed by atoms with Crippen LogP contribution >= 0.6 is 0 Å². The molecule has 4 rings (SSSR count). The van der Waals surface area contributed by atoms with Gasteiger partial charge >= 0.3 is 0 Å². The summed E-state index contributed by atoms with van der Waals surface area (Å²) in [5.74, 6) is 0.932. The van der Waals surface area contributed by atoms with Crippen LogP contribution in [0.3, 0.4) is 0 Å². The van der Waals surface area contributed by atoms with Crippen LogP contribution in [0, 0.1) is 0 Å². The molecule has 148 valence electrons. The van der Waals surface area contributed by atoms with Crippen LogP contribution in [0.1, 0.15) is 55.4 Å². The van der Waals surface area contributed by atoms with Crippen molar-refractivity contribution in [1.82, 2.24) is 9.96 Å². The summed E-state index contributed by atoms with van der Waals surface area (Å²) < 4.78 is 0. The maximum atomic E-state index is 6.64. The van der Waals surface area contributed by atoms with E-state index in [-0.39, 0.29) is 0 Å². The molecular weight excluding hydrogens is 346 g/mol. The quantitative estimate of drug-likeness (QED) is 0.771. The fraction of sp³-hybridized carbons (Fsp3) is 0.458. The van der Waals surface area contributed by atoms with Crippen LogP contribution in [-0.2, 0) is 23.4 Å². The van der Waals surface area contributed by atoms with Crippen LogP contribution in [0.15, 0.2) is 53.5 Å². The number of aryl methyl sites for hydroxylation is 2. The van der Waals surface area contributed by atoms with Gasteiger partial charge in [-0.05, 0) is 43.7 Å². The molecule has 0 fully saturated rings. The minimum absolute atomic E-state index is 0.794. The molecule has 2 aromatic rings. The minimum atomic E-state index is -0.794. The van der Waals surface area contributed by atoms with Crippen molar-refractivity contribution in [1.29, 1.82) is 0 Å². The molecule has 0 atom stereocenters. The van der Waals surface area contributed by atoms with Gasteiger partial charge in [-0.1, -0.05) is 61.9 Å². The first-order chi connectivity index (χ1) is 13.7. The average molecular weight is 378 g/mol. The largest absolute Gasteiger partial charge is 0.341 e. The smallest absolute Gasteiger partial charge is 0.240 e. The Balaban J connectivity index is 1.90. The predicted octanol–water partition coefficient (Wildman–Crippen LogP) is 4.73. The molecule has 1 aliphatic heterocycles. The molecule has 4 nitrogen and oxygen atoms in total. The molecule has 0 bridgehead atoms. The number of nitrogens with zero attached hydrogens (tertiary/aromatic N) is 3. The number of fused-ring (bicyclic) bond motifs is 4. The summed E-state index contributed by atoms with van der Waals surface area (Å²) in [6.45, 7) is 6.34. The Labute approximate surface area is 168 Å². The van der Waals surface area contributed by atoms with Gasteiger partial charge < -0.3 is 4.90 Å². The van der Waals surface area contributed by atoms with Gasteiger partial charge in [-0.15, -0.1) is 0 Å². The van der Waals surface area contributed by atoms with E-state index in [0.29, 0.717) is 0 Å². The number of guanidine groups is 1. The summed E-state index contributed by atoms with van der Waals surface area (Å²) >= 11 is 0. The number of aliphatic imine (C=N–C) groups is 1. The highest BCUT2D eigenvalue weighted by Crippen LogP contribution is 2.44. The fourth-order valence-electron chi connectivity index (χ4n) is 4.46. The first kappa shape index (κ1) is 19.0. The normalized spacial score (nSPS) is 17.5. The summed E-state index contributed by atoms with van der Waals surface area (Å²) in [7, 11) is 1.99. The molecule has 0 N–H and O–H groups in total. The summed E-state index contributed by atoms with van der Waals surface area (Å²) in [5.41, 5.74) is 4.24. The highest BCUT2D eigenvalue weighted by molar-refractivity contribution is 5.81. The van der Waals surface area contributed by atoms with Crippen molar-refractivity contribution in [3.05, 3.63) is 70.8 Å². The van der Waals surface area contributed by atoms with Crippen LogP contribution in [-0.4, -0.2) is 36.1 Å².